The standard InChI is InChI=1S/C12H13NO2S/c1-9(14)10-2-4-12(5-3-10)16-8-11-6-7-13-15-11/h2-7,9,14H,8H2,1H3. The van der Waals surface area contributed by atoms with E-state index in [0.29, 0.717) is 0 Å². The summed E-state index contributed by atoms with van der Waals surface area (Å²) in [6, 6.07) is 9.74. The molecule has 0 fully saturated rings. The lowest BCUT2D eigenvalue weighted by atomic mass is 10.1. The lowest BCUT2D eigenvalue weighted by Crippen LogP contribution is -1.89. The lowest BCUT2D eigenvalue weighted by molar-refractivity contribution is 0.199. The van der Waals surface area contributed by atoms with Crippen LogP contribution in [0.5, 0.6) is 0 Å². The van der Waals surface area contributed by atoms with Crippen LogP contribution in [0.2, 0.25) is 0 Å². The molecule has 1 aromatic carbocycles. The molecule has 0 saturated carbocycles. The first kappa shape index (κ1) is 11.2. The van der Waals surface area contributed by atoms with E-state index in [9.17, 15) is 5.11 Å². The molecule has 84 valence electrons. The molecule has 2 rings (SSSR count). The summed E-state index contributed by atoms with van der Waals surface area (Å²) in [5.74, 6) is 1.64. The molecule has 16 heavy (non-hydrogen) atoms. The Labute approximate surface area is 98.5 Å². The predicted molar refractivity (Wildman–Crippen MR) is 63.1 cm³/mol. The first-order valence-electron chi connectivity index (χ1n) is 5.06. The van der Waals surface area contributed by atoms with Gasteiger partial charge in [0.1, 0.15) is 5.76 Å². The molecule has 0 radical (unpaired) electrons. The SMILES string of the molecule is CC(O)c1ccc(SCc2ccno2)cc1. The van der Waals surface area contributed by atoms with Crippen LogP contribution in [0.4, 0.5) is 0 Å². The molecular weight excluding hydrogens is 222 g/mol. The first-order chi connectivity index (χ1) is 7.75. The van der Waals surface area contributed by atoms with Gasteiger partial charge in [-0.3, -0.25) is 0 Å². The van der Waals surface area contributed by atoms with Crippen LogP contribution in [-0.2, 0) is 5.75 Å². The summed E-state index contributed by atoms with van der Waals surface area (Å²) >= 11 is 1.68. The van der Waals surface area contributed by atoms with E-state index in [1.807, 2.05) is 30.3 Å². The number of thioether (sulfide) groups is 1. The topological polar surface area (TPSA) is 46.3 Å². The molecular formula is C12H13NO2S. The van der Waals surface area contributed by atoms with Gasteiger partial charge in [-0.05, 0) is 24.6 Å². The van der Waals surface area contributed by atoms with Crippen molar-refractivity contribution >= 4 is 11.8 Å². The fraction of sp³-hybridized carbons (Fsp3) is 0.250. The van der Waals surface area contributed by atoms with Crippen molar-refractivity contribution in [2.24, 2.45) is 0 Å². The van der Waals surface area contributed by atoms with Gasteiger partial charge in [-0.1, -0.05) is 17.3 Å². The molecule has 4 heteroatoms. The summed E-state index contributed by atoms with van der Waals surface area (Å²) < 4.78 is 5.01. The number of hydrogen-bond acceptors (Lipinski definition) is 4. The van der Waals surface area contributed by atoms with Crippen LogP contribution in [0.1, 0.15) is 24.4 Å². The minimum Gasteiger partial charge on any atom is -0.389 e. The molecule has 1 unspecified atom stereocenters. The van der Waals surface area contributed by atoms with Crippen LogP contribution in [-0.4, -0.2) is 10.3 Å². The van der Waals surface area contributed by atoms with Gasteiger partial charge in [0.05, 0.1) is 18.1 Å². The molecule has 0 aliphatic carbocycles. The quantitative estimate of drug-likeness (QED) is 0.827. The second-order valence-corrected chi connectivity index (χ2v) is 4.56. The summed E-state index contributed by atoms with van der Waals surface area (Å²) in [6.07, 6.45) is 1.24. The fourth-order valence-corrected chi connectivity index (χ4v) is 2.10. The molecule has 3 nitrogen and oxygen atoms in total. The molecule has 1 heterocycles. The lowest BCUT2D eigenvalue weighted by Gasteiger charge is -2.05. The van der Waals surface area contributed by atoms with Gasteiger partial charge in [0.2, 0.25) is 0 Å². The first-order valence-corrected chi connectivity index (χ1v) is 6.04. The van der Waals surface area contributed by atoms with Gasteiger partial charge < -0.3 is 9.63 Å². The van der Waals surface area contributed by atoms with Crippen molar-refractivity contribution in [1.29, 1.82) is 0 Å². The zero-order valence-electron chi connectivity index (χ0n) is 8.96. The van der Waals surface area contributed by atoms with Crippen molar-refractivity contribution in [3.63, 3.8) is 0 Å². The number of rotatable bonds is 4. The number of aliphatic hydroxyl groups excluding tert-OH is 1. The van der Waals surface area contributed by atoms with Crippen molar-refractivity contribution in [1.82, 2.24) is 5.16 Å². The van der Waals surface area contributed by atoms with E-state index in [0.717, 1.165) is 22.0 Å². The second kappa shape index (κ2) is 5.18. The number of benzene rings is 1. The maximum Gasteiger partial charge on any atom is 0.146 e. The van der Waals surface area contributed by atoms with Crippen molar-refractivity contribution in [2.75, 3.05) is 0 Å². The van der Waals surface area contributed by atoms with Gasteiger partial charge >= 0.3 is 0 Å². The average Bonchev–Trinajstić information content (AvgIpc) is 2.80. The highest BCUT2D eigenvalue weighted by Crippen LogP contribution is 2.24. The molecule has 0 spiro atoms. The van der Waals surface area contributed by atoms with E-state index in [1.165, 1.54) is 0 Å². The van der Waals surface area contributed by atoms with E-state index in [4.69, 9.17) is 4.52 Å². The summed E-state index contributed by atoms with van der Waals surface area (Å²) in [4.78, 5) is 1.15. The molecule has 0 aliphatic rings. The van der Waals surface area contributed by atoms with Crippen molar-refractivity contribution in [3.05, 3.63) is 47.9 Å². The molecule has 1 aromatic heterocycles. The van der Waals surface area contributed by atoms with E-state index in [2.05, 4.69) is 5.16 Å². The van der Waals surface area contributed by atoms with Crippen LogP contribution in [0.25, 0.3) is 0 Å². The van der Waals surface area contributed by atoms with E-state index in [1.54, 1.807) is 24.9 Å². The molecule has 1 N–H and O–H groups in total. The van der Waals surface area contributed by atoms with E-state index >= 15 is 0 Å². The van der Waals surface area contributed by atoms with Crippen LogP contribution >= 0.6 is 11.8 Å². The Morgan fingerprint density at radius 2 is 2.06 bits per heavy atom. The van der Waals surface area contributed by atoms with Gasteiger partial charge in [0, 0.05) is 11.0 Å². The number of aliphatic hydroxyl groups is 1. The minimum atomic E-state index is -0.409. The zero-order chi connectivity index (χ0) is 11.4. The third-order valence-electron chi connectivity index (χ3n) is 2.23. The summed E-state index contributed by atoms with van der Waals surface area (Å²) in [7, 11) is 0. The summed E-state index contributed by atoms with van der Waals surface area (Å²) in [6.45, 7) is 1.76. The van der Waals surface area contributed by atoms with Crippen LogP contribution in [0, 0.1) is 0 Å². The highest BCUT2D eigenvalue weighted by atomic mass is 32.2. The number of nitrogens with zero attached hydrogens (tertiary/aromatic N) is 1. The summed E-state index contributed by atoms with van der Waals surface area (Å²) in [5.41, 5.74) is 0.934. The van der Waals surface area contributed by atoms with Gasteiger partial charge in [-0.2, -0.15) is 0 Å². The Bertz CT molecular complexity index is 423. The highest BCUT2D eigenvalue weighted by Gasteiger charge is 2.02. The van der Waals surface area contributed by atoms with Gasteiger partial charge in [-0.25, -0.2) is 0 Å². The average molecular weight is 235 g/mol. The molecule has 1 atom stereocenters. The van der Waals surface area contributed by atoms with Gasteiger partial charge in [0.25, 0.3) is 0 Å². The zero-order valence-corrected chi connectivity index (χ0v) is 9.78. The molecule has 2 aromatic rings. The maximum atomic E-state index is 9.36. The maximum absolute atomic E-state index is 9.36. The minimum absolute atomic E-state index is 0.409. The van der Waals surface area contributed by atoms with E-state index < -0.39 is 6.10 Å². The van der Waals surface area contributed by atoms with E-state index in [-0.39, 0.29) is 0 Å². The highest BCUT2D eigenvalue weighted by molar-refractivity contribution is 7.98. The van der Waals surface area contributed by atoms with Gasteiger partial charge in [0.15, 0.2) is 0 Å². The van der Waals surface area contributed by atoms with Crippen LogP contribution in [0.15, 0.2) is 45.9 Å². The Balaban J connectivity index is 1.95. The van der Waals surface area contributed by atoms with Crippen molar-refractivity contribution in [3.8, 4) is 0 Å². The summed E-state index contributed by atoms with van der Waals surface area (Å²) in [5, 5.41) is 13.0. The largest absolute Gasteiger partial charge is 0.389 e. The van der Waals surface area contributed by atoms with Crippen molar-refractivity contribution < 1.29 is 9.63 Å². The Hall–Kier alpha value is -1.26. The van der Waals surface area contributed by atoms with Gasteiger partial charge in [-0.15, -0.1) is 11.8 Å². The molecule has 0 bridgehead atoms. The third-order valence-corrected chi connectivity index (χ3v) is 3.27. The van der Waals surface area contributed by atoms with Crippen LogP contribution in [0.3, 0.4) is 0 Å². The Morgan fingerprint density at radius 3 is 2.62 bits per heavy atom. The number of hydrogen-bond donors (Lipinski definition) is 1. The fourth-order valence-electron chi connectivity index (χ4n) is 1.31. The Morgan fingerprint density at radius 1 is 1.31 bits per heavy atom. The smallest absolute Gasteiger partial charge is 0.146 e. The number of aromatic nitrogens is 1. The Kier molecular flexibility index (Phi) is 3.64. The molecule has 0 amide bonds. The molecule has 0 saturated heterocycles. The van der Waals surface area contributed by atoms with Crippen LogP contribution < -0.4 is 0 Å². The predicted octanol–water partition coefficient (Wildman–Crippen LogP) is 3.02. The molecule has 0 aliphatic heterocycles. The van der Waals surface area contributed by atoms with Crippen molar-refractivity contribution in [2.45, 2.75) is 23.7 Å². The normalized spacial score (nSPS) is 12.6. The third kappa shape index (κ3) is 2.87. The monoisotopic (exact) mass is 235 g/mol. The second-order valence-electron chi connectivity index (χ2n) is 3.51.